The molecule has 1 amide bonds. The van der Waals surface area contributed by atoms with Crippen molar-refractivity contribution in [3.05, 3.63) is 35.9 Å². The van der Waals surface area contributed by atoms with Crippen LogP contribution in [0.15, 0.2) is 30.3 Å². The topological polar surface area (TPSA) is 43.1 Å². The van der Waals surface area contributed by atoms with Gasteiger partial charge in [0.1, 0.15) is 0 Å². The molecule has 2 nitrogen and oxygen atoms in total. The number of amides is 1. The molecule has 1 unspecified atom stereocenters. The second-order valence-electron chi connectivity index (χ2n) is 3.94. The highest BCUT2D eigenvalue weighted by molar-refractivity contribution is 6.61. The van der Waals surface area contributed by atoms with E-state index in [4.69, 9.17) is 5.73 Å². The molecule has 0 fully saturated rings. The Bertz CT molecular complexity index is 297. The molecule has 2 N–H and O–H groups in total. The van der Waals surface area contributed by atoms with Crippen LogP contribution in [0.5, 0.6) is 0 Å². The van der Waals surface area contributed by atoms with Gasteiger partial charge in [0.2, 0.25) is 5.91 Å². The molecule has 0 saturated heterocycles. The van der Waals surface area contributed by atoms with Crippen LogP contribution in [-0.4, -0.2) is 14.7 Å². The van der Waals surface area contributed by atoms with Crippen molar-refractivity contribution in [3.8, 4) is 0 Å². The SMILES string of the molecule is C[SiH](C)C(Cc1ccccc1)C(N)=O. The largest absolute Gasteiger partial charge is 0.370 e. The van der Waals surface area contributed by atoms with Crippen molar-refractivity contribution >= 4 is 14.7 Å². The zero-order chi connectivity index (χ0) is 10.6. The number of primary amides is 1. The molecule has 1 aromatic carbocycles. The molecule has 1 aromatic rings. The number of carbonyl (C=O) groups is 1. The van der Waals surface area contributed by atoms with Crippen LogP contribution < -0.4 is 5.73 Å². The summed E-state index contributed by atoms with van der Waals surface area (Å²) in [6, 6.07) is 10.1. The molecule has 1 atom stereocenters. The van der Waals surface area contributed by atoms with Crippen molar-refractivity contribution in [2.24, 2.45) is 5.73 Å². The Hall–Kier alpha value is -1.09. The normalized spacial score (nSPS) is 12.8. The maximum Gasteiger partial charge on any atom is 0.217 e. The van der Waals surface area contributed by atoms with E-state index in [1.54, 1.807) is 0 Å². The highest BCUT2D eigenvalue weighted by Crippen LogP contribution is 2.16. The van der Waals surface area contributed by atoms with Gasteiger partial charge in [-0.25, -0.2) is 0 Å². The van der Waals surface area contributed by atoms with Crippen molar-refractivity contribution in [3.63, 3.8) is 0 Å². The Morgan fingerprint density at radius 2 is 1.93 bits per heavy atom. The van der Waals surface area contributed by atoms with E-state index in [2.05, 4.69) is 13.1 Å². The van der Waals surface area contributed by atoms with E-state index in [1.165, 1.54) is 5.56 Å². The summed E-state index contributed by atoms with van der Waals surface area (Å²) in [5.41, 5.74) is 6.67. The van der Waals surface area contributed by atoms with Gasteiger partial charge in [0.05, 0.1) is 0 Å². The molecule has 1 rings (SSSR count). The lowest BCUT2D eigenvalue weighted by atomic mass is 10.1. The van der Waals surface area contributed by atoms with Crippen molar-refractivity contribution < 1.29 is 4.79 Å². The summed E-state index contributed by atoms with van der Waals surface area (Å²) in [6.07, 6.45) is 0.806. The number of hydrogen-bond donors (Lipinski definition) is 1. The monoisotopic (exact) mass is 207 g/mol. The molecule has 0 aliphatic carbocycles. The average Bonchev–Trinajstić information content (AvgIpc) is 2.15. The average molecular weight is 207 g/mol. The highest BCUT2D eigenvalue weighted by atomic mass is 28.3. The van der Waals surface area contributed by atoms with Crippen LogP contribution in [0.25, 0.3) is 0 Å². The maximum absolute atomic E-state index is 11.2. The van der Waals surface area contributed by atoms with Gasteiger partial charge in [-0.2, -0.15) is 0 Å². The van der Waals surface area contributed by atoms with Gasteiger partial charge >= 0.3 is 0 Å². The number of benzene rings is 1. The fourth-order valence-corrected chi connectivity index (χ4v) is 2.93. The number of nitrogens with two attached hydrogens (primary N) is 1. The van der Waals surface area contributed by atoms with E-state index < -0.39 is 8.80 Å². The Balaban J connectivity index is 2.70. The van der Waals surface area contributed by atoms with Gasteiger partial charge in [0.25, 0.3) is 0 Å². The molecular formula is C11H17NOSi. The summed E-state index contributed by atoms with van der Waals surface area (Å²) in [4.78, 5) is 11.2. The first-order valence-electron chi connectivity index (χ1n) is 4.94. The van der Waals surface area contributed by atoms with Crippen LogP contribution in [0.1, 0.15) is 5.56 Å². The minimum atomic E-state index is -0.988. The molecule has 0 aliphatic heterocycles. The summed E-state index contributed by atoms with van der Waals surface area (Å²) >= 11 is 0. The summed E-state index contributed by atoms with van der Waals surface area (Å²) in [5, 5.41) is 0. The first-order valence-corrected chi connectivity index (χ1v) is 7.92. The van der Waals surface area contributed by atoms with Crippen LogP contribution >= 0.6 is 0 Å². The fourth-order valence-electron chi connectivity index (χ4n) is 1.53. The van der Waals surface area contributed by atoms with Crippen LogP contribution in [0.3, 0.4) is 0 Å². The zero-order valence-electron chi connectivity index (χ0n) is 8.73. The summed E-state index contributed by atoms with van der Waals surface area (Å²) in [5.74, 6) is -0.143. The van der Waals surface area contributed by atoms with Gasteiger partial charge in [0.15, 0.2) is 0 Å². The van der Waals surface area contributed by atoms with Gasteiger partial charge < -0.3 is 5.73 Å². The molecule has 0 heterocycles. The Morgan fingerprint density at radius 1 is 1.36 bits per heavy atom. The lowest BCUT2D eigenvalue weighted by Gasteiger charge is -2.15. The Labute approximate surface area is 86.7 Å². The third-order valence-corrected chi connectivity index (χ3v) is 4.64. The molecule has 0 aliphatic rings. The second kappa shape index (κ2) is 4.96. The first kappa shape index (κ1) is 11.0. The third kappa shape index (κ3) is 2.99. The van der Waals surface area contributed by atoms with E-state index in [0.29, 0.717) is 0 Å². The smallest absolute Gasteiger partial charge is 0.217 e. The van der Waals surface area contributed by atoms with Crippen molar-refractivity contribution in [2.45, 2.75) is 25.1 Å². The van der Waals surface area contributed by atoms with Crippen molar-refractivity contribution in [1.82, 2.24) is 0 Å². The molecule has 3 heteroatoms. The first-order chi connectivity index (χ1) is 6.61. The van der Waals surface area contributed by atoms with E-state index >= 15 is 0 Å². The molecular weight excluding hydrogens is 190 g/mol. The molecule has 0 bridgehead atoms. The highest BCUT2D eigenvalue weighted by Gasteiger charge is 2.20. The minimum absolute atomic E-state index is 0.0809. The zero-order valence-corrected chi connectivity index (χ0v) is 9.89. The molecule has 14 heavy (non-hydrogen) atoms. The predicted octanol–water partition coefficient (Wildman–Crippen LogP) is 1.57. The van der Waals surface area contributed by atoms with E-state index in [1.807, 2.05) is 30.3 Å². The maximum atomic E-state index is 11.2. The quantitative estimate of drug-likeness (QED) is 0.748. The van der Waals surface area contributed by atoms with Crippen LogP contribution in [0, 0.1) is 0 Å². The summed E-state index contributed by atoms with van der Waals surface area (Å²) in [6.45, 7) is 4.33. The number of carbonyl (C=O) groups excluding carboxylic acids is 1. The molecule has 0 saturated carbocycles. The Kier molecular flexibility index (Phi) is 3.89. The van der Waals surface area contributed by atoms with Crippen LogP contribution in [-0.2, 0) is 11.2 Å². The van der Waals surface area contributed by atoms with E-state index in [0.717, 1.165) is 6.42 Å². The second-order valence-corrected chi connectivity index (χ2v) is 7.24. The van der Waals surface area contributed by atoms with Crippen molar-refractivity contribution in [1.29, 1.82) is 0 Å². The standard InChI is InChI=1S/C11H17NOSi/c1-14(2)10(11(12)13)8-9-6-4-3-5-7-9/h3-7,10,14H,8H2,1-2H3,(H2,12,13). The van der Waals surface area contributed by atoms with E-state index in [9.17, 15) is 4.79 Å². The van der Waals surface area contributed by atoms with Gasteiger partial charge in [-0.15, -0.1) is 0 Å². The lowest BCUT2D eigenvalue weighted by Crippen LogP contribution is -2.29. The number of hydrogen-bond acceptors (Lipinski definition) is 1. The molecule has 0 spiro atoms. The molecule has 0 radical (unpaired) electrons. The molecule has 0 aromatic heterocycles. The van der Waals surface area contributed by atoms with Crippen molar-refractivity contribution in [2.75, 3.05) is 0 Å². The Morgan fingerprint density at radius 3 is 2.36 bits per heavy atom. The third-order valence-electron chi connectivity index (χ3n) is 2.47. The van der Waals surface area contributed by atoms with E-state index in [-0.39, 0.29) is 11.4 Å². The van der Waals surface area contributed by atoms with Gasteiger partial charge in [-0.05, 0) is 12.0 Å². The summed E-state index contributed by atoms with van der Waals surface area (Å²) in [7, 11) is -0.988. The number of rotatable bonds is 4. The van der Waals surface area contributed by atoms with Gasteiger partial charge in [-0.1, -0.05) is 43.4 Å². The lowest BCUT2D eigenvalue weighted by molar-refractivity contribution is -0.118. The van der Waals surface area contributed by atoms with Gasteiger partial charge in [0, 0.05) is 14.3 Å². The van der Waals surface area contributed by atoms with Crippen LogP contribution in [0.2, 0.25) is 18.6 Å². The fraction of sp³-hybridized carbons (Fsp3) is 0.364. The predicted molar refractivity (Wildman–Crippen MR) is 62.0 cm³/mol. The molecule has 76 valence electrons. The van der Waals surface area contributed by atoms with Gasteiger partial charge in [-0.3, -0.25) is 4.79 Å². The minimum Gasteiger partial charge on any atom is -0.370 e. The van der Waals surface area contributed by atoms with Crippen LogP contribution in [0.4, 0.5) is 0 Å². The summed E-state index contributed by atoms with van der Waals surface area (Å²) < 4.78 is 0.